The molecule has 2 aliphatic heterocycles. The Hall–Kier alpha value is -3.09. The molecule has 0 aliphatic carbocycles. The zero-order valence-electron chi connectivity index (χ0n) is 17.9. The lowest BCUT2D eigenvalue weighted by molar-refractivity contribution is -0.126. The van der Waals surface area contributed by atoms with Gasteiger partial charge in [0.1, 0.15) is 17.7 Å². The van der Waals surface area contributed by atoms with Crippen LogP contribution >= 0.6 is 0 Å². The van der Waals surface area contributed by atoms with Crippen LogP contribution in [0.4, 0.5) is 14.9 Å². The lowest BCUT2D eigenvalue weighted by atomic mass is 9.97. The third kappa shape index (κ3) is 4.81. The summed E-state index contributed by atoms with van der Waals surface area (Å²) in [6.45, 7) is 5.78. The molecule has 31 heavy (non-hydrogen) atoms. The molecule has 6 nitrogen and oxygen atoms in total. The molecule has 2 aliphatic rings. The van der Waals surface area contributed by atoms with Crippen molar-refractivity contribution in [2.75, 3.05) is 24.5 Å². The summed E-state index contributed by atoms with van der Waals surface area (Å²) >= 11 is 0. The van der Waals surface area contributed by atoms with E-state index in [-0.39, 0.29) is 29.8 Å². The molecule has 0 radical (unpaired) electrons. The lowest BCUT2D eigenvalue weighted by Crippen LogP contribution is -2.53. The van der Waals surface area contributed by atoms with Gasteiger partial charge in [0.15, 0.2) is 0 Å². The number of fused-ring (bicyclic) bond motifs is 1. The van der Waals surface area contributed by atoms with Crippen LogP contribution in [0.1, 0.15) is 30.9 Å². The van der Waals surface area contributed by atoms with E-state index in [1.54, 1.807) is 21.9 Å². The molecule has 0 unspecified atom stereocenters. The van der Waals surface area contributed by atoms with Gasteiger partial charge in [0.05, 0.1) is 18.2 Å². The quantitative estimate of drug-likeness (QED) is 0.812. The molecule has 0 spiro atoms. The Kier molecular flexibility index (Phi) is 6.11. The molecule has 2 heterocycles. The van der Waals surface area contributed by atoms with Crippen LogP contribution in [0.5, 0.6) is 5.75 Å². The fourth-order valence-electron chi connectivity index (χ4n) is 4.20. The number of carbonyl (C=O) groups excluding carboxylic acids is 2. The van der Waals surface area contributed by atoms with Gasteiger partial charge in [0, 0.05) is 19.6 Å². The van der Waals surface area contributed by atoms with Gasteiger partial charge in [0.2, 0.25) is 5.91 Å². The van der Waals surface area contributed by atoms with E-state index in [0.29, 0.717) is 31.9 Å². The van der Waals surface area contributed by atoms with Crippen molar-refractivity contribution in [3.63, 3.8) is 0 Å². The minimum Gasteiger partial charge on any atom is -0.487 e. The van der Waals surface area contributed by atoms with Gasteiger partial charge >= 0.3 is 6.03 Å². The third-order valence-electron chi connectivity index (χ3n) is 5.85. The number of amides is 3. The van der Waals surface area contributed by atoms with Gasteiger partial charge in [-0.3, -0.25) is 9.69 Å². The van der Waals surface area contributed by atoms with Crippen molar-refractivity contribution in [2.24, 2.45) is 5.92 Å². The Labute approximate surface area is 182 Å². The molecule has 2 aromatic carbocycles. The average Bonchev–Trinajstić information content (AvgIpc) is 2.78. The van der Waals surface area contributed by atoms with Crippen LogP contribution in [0, 0.1) is 18.7 Å². The first-order valence-electron chi connectivity index (χ1n) is 10.8. The topological polar surface area (TPSA) is 61.9 Å². The second-order valence-electron chi connectivity index (χ2n) is 8.42. The number of aryl methyl sites for hydroxylation is 1. The molecule has 1 fully saturated rings. The summed E-state index contributed by atoms with van der Waals surface area (Å²) in [5.74, 6) is 0.0796. The summed E-state index contributed by atoms with van der Waals surface area (Å²) in [6, 6.07) is 11.8. The van der Waals surface area contributed by atoms with Crippen molar-refractivity contribution in [3.8, 4) is 5.75 Å². The minimum atomic E-state index is -0.300. The highest BCUT2D eigenvalue weighted by Gasteiger charge is 2.34. The van der Waals surface area contributed by atoms with E-state index in [1.165, 1.54) is 12.1 Å². The van der Waals surface area contributed by atoms with Crippen molar-refractivity contribution < 1.29 is 18.7 Å². The molecule has 4 rings (SSSR count). The Morgan fingerprint density at radius 1 is 1.16 bits per heavy atom. The van der Waals surface area contributed by atoms with Crippen LogP contribution < -0.4 is 15.0 Å². The van der Waals surface area contributed by atoms with Gasteiger partial charge in [0.25, 0.3) is 0 Å². The van der Waals surface area contributed by atoms with E-state index < -0.39 is 0 Å². The van der Waals surface area contributed by atoms with Gasteiger partial charge in [-0.1, -0.05) is 18.2 Å². The van der Waals surface area contributed by atoms with Crippen LogP contribution in [0.2, 0.25) is 0 Å². The largest absolute Gasteiger partial charge is 0.487 e. The maximum atomic E-state index is 13.4. The maximum Gasteiger partial charge on any atom is 0.324 e. The number of rotatable bonds is 3. The number of piperidine rings is 1. The summed E-state index contributed by atoms with van der Waals surface area (Å²) in [7, 11) is 0. The Morgan fingerprint density at radius 2 is 1.94 bits per heavy atom. The third-order valence-corrected chi connectivity index (χ3v) is 5.85. The number of carbonyl (C=O) groups is 2. The second kappa shape index (κ2) is 8.96. The molecule has 3 amide bonds. The van der Waals surface area contributed by atoms with Gasteiger partial charge in [-0.15, -0.1) is 0 Å². The molecule has 164 valence electrons. The number of nitrogens with one attached hydrogen (secondary N) is 1. The maximum absolute atomic E-state index is 13.4. The van der Waals surface area contributed by atoms with Crippen molar-refractivity contribution >= 4 is 17.6 Å². The van der Waals surface area contributed by atoms with Crippen LogP contribution in [-0.4, -0.2) is 42.6 Å². The number of halogens is 1. The highest BCUT2D eigenvalue weighted by atomic mass is 19.1. The molecule has 2 atom stereocenters. The standard InChI is InChI=1S/C24H28FN3O3/c1-16-5-10-22-21(12-16)28(14-17(2)31-22)24(30)27-11-3-4-19(15-27)23(29)26-13-18-6-8-20(25)9-7-18/h5-10,12,17,19H,3-4,11,13-15H2,1-2H3,(H,26,29)/t17-,19+/m0/s1. The summed E-state index contributed by atoms with van der Waals surface area (Å²) in [5.41, 5.74) is 2.69. The smallest absolute Gasteiger partial charge is 0.324 e. The Bertz CT molecular complexity index is 963. The first-order valence-corrected chi connectivity index (χ1v) is 10.8. The van der Waals surface area contributed by atoms with E-state index in [1.807, 2.05) is 32.0 Å². The van der Waals surface area contributed by atoms with Gasteiger partial charge in [-0.2, -0.15) is 0 Å². The zero-order valence-corrected chi connectivity index (χ0v) is 17.9. The van der Waals surface area contributed by atoms with E-state index in [9.17, 15) is 14.0 Å². The highest BCUT2D eigenvalue weighted by Crippen LogP contribution is 2.35. The van der Waals surface area contributed by atoms with Crippen molar-refractivity contribution in [3.05, 3.63) is 59.4 Å². The first-order chi connectivity index (χ1) is 14.9. The Morgan fingerprint density at radius 3 is 2.71 bits per heavy atom. The highest BCUT2D eigenvalue weighted by molar-refractivity contribution is 5.94. The molecule has 0 bridgehead atoms. The summed E-state index contributed by atoms with van der Waals surface area (Å²) < 4.78 is 18.9. The van der Waals surface area contributed by atoms with Gasteiger partial charge < -0.3 is 15.0 Å². The SMILES string of the molecule is Cc1ccc2c(c1)N(C(=O)N1CCC[C@@H](C(=O)NCc3ccc(F)cc3)C1)C[C@H](C)O2. The molecule has 0 aromatic heterocycles. The van der Waals surface area contributed by atoms with E-state index >= 15 is 0 Å². The van der Waals surface area contributed by atoms with Crippen LogP contribution in [0.25, 0.3) is 0 Å². The van der Waals surface area contributed by atoms with Gasteiger partial charge in [-0.05, 0) is 62.1 Å². The number of benzene rings is 2. The molecule has 1 saturated heterocycles. The number of nitrogens with zero attached hydrogens (tertiary/aromatic N) is 2. The number of ether oxygens (including phenoxy) is 1. The average molecular weight is 426 g/mol. The van der Waals surface area contributed by atoms with Crippen molar-refractivity contribution in [2.45, 2.75) is 39.3 Å². The number of hydrogen-bond acceptors (Lipinski definition) is 3. The number of likely N-dealkylation sites (tertiary alicyclic amines) is 1. The fourth-order valence-corrected chi connectivity index (χ4v) is 4.20. The molecular formula is C24H28FN3O3. The minimum absolute atomic E-state index is 0.0755. The lowest BCUT2D eigenvalue weighted by Gasteiger charge is -2.39. The molecular weight excluding hydrogens is 397 g/mol. The predicted molar refractivity (Wildman–Crippen MR) is 117 cm³/mol. The predicted octanol–water partition coefficient (Wildman–Crippen LogP) is 3.87. The molecule has 2 aromatic rings. The normalized spacial score (nSPS) is 20.6. The summed E-state index contributed by atoms with van der Waals surface area (Å²) in [5, 5.41) is 2.92. The zero-order chi connectivity index (χ0) is 22.0. The number of hydrogen-bond donors (Lipinski definition) is 1. The Balaban J connectivity index is 1.41. The fraction of sp³-hybridized carbons (Fsp3) is 0.417. The summed E-state index contributed by atoms with van der Waals surface area (Å²) in [4.78, 5) is 29.6. The van der Waals surface area contributed by atoms with E-state index in [0.717, 1.165) is 29.7 Å². The van der Waals surface area contributed by atoms with E-state index in [4.69, 9.17) is 4.74 Å². The number of anilines is 1. The monoisotopic (exact) mass is 425 g/mol. The second-order valence-corrected chi connectivity index (χ2v) is 8.42. The molecule has 0 saturated carbocycles. The van der Waals surface area contributed by atoms with E-state index in [2.05, 4.69) is 5.32 Å². The van der Waals surface area contributed by atoms with Crippen LogP contribution in [0.3, 0.4) is 0 Å². The van der Waals surface area contributed by atoms with Crippen molar-refractivity contribution in [1.82, 2.24) is 10.2 Å². The van der Waals surface area contributed by atoms with Crippen LogP contribution in [0.15, 0.2) is 42.5 Å². The van der Waals surface area contributed by atoms with Crippen LogP contribution in [-0.2, 0) is 11.3 Å². The molecule has 7 heteroatoms. The first kappa shape index (κ1) is 21.2. The number of urea groups is 1. The molecule has 1 N–H and O–H groups in total. The van der Waals surface area contributed by atoms with Gasteiger partial charge in [-0.25, -0.2) is 9.18 Å². The van der Waals surface area contributed by atoms with Crippen molar-refractivity contribution in [1.29, 1.82) is 0 Å². The summed E-state index contributed by atoms with van der Waals surface area (Å²) in [6.07, 6.45) is 1.42.